The van der Waals surface area contributed by atoms with Gasteiger partial charge in [0.05, 0.1) is 7.11 Å². The Morgan fingerprint density at radius 2 is 2.15 bits per heavy atom. The van der Waals surface area contributed by atoms with E-state index in [2.05, 4.69) is 15.3 Å². The van der Waals surface area contributed by atoms with Crippen LogP contribution in [-0.4, -0.2) is 31.3 Å². The van der Waals surface area contributed by atoms with Gasteiger partial charge >= 0.3 is 5.97 Å². The molecule has 0 saturated heterocycles. The fourth-order valence-corrected chi connectivity index (χ4v) is 1.76. The summed E-state index contributed by atoms with van der Waals surface area (Å²) < 4.78 is 5.05. The number of hydrogen-bond acceptors (Lipinski definition) is 4. The lowest BCUT2D eigenvalue weighted by Crippen LogP contribution is -2.47. The van der Waals surface area contributed by atoms with Crippen LogP contribution in [0.4, 0.5) is 0 Å². The number of methoxy groups -OCH3 is 1. The maximum absolute atomic E-state index is 11.5. The molecule has 0 fully saturated rings. The summed E-state index contributed by atoms with van der Waals surface area (Å²) in [5.74, 6) is -0.295. The summed E-state index contributed by atoms with van der Waals surface area (Å²) in [5.41, 5.74) is 7.62. The summed E-state index contributed by atoms with van der Waals surface area (Å²) >= 11 is 0. The van der Waals surface area contributed by atoms with Crippen molar-refractivity contribution in [1.82, 2.24) is 5.32 Å². The molecule has 20 heavy (non-hydrogen) atoms. The summed E-state index contributed by atoms with van der Waals surface area (Å²) in [6.07, 6.45) is 0.573. The van der Waals surface area contributed by atoms with E-state index in [1.165, 1.54) is 0 Å². The van der Waals surface area contributed by atoms with Crippen molar-refractivity contribution in [2.75, 3.05) is 20.2 Å². The number of carboxylic acid groups (broad SMARTS) is 1. The molecule has 0 aliphatic rings. The maximum Gasteiger partial charge on any atom is 0.328 e. The van der Waals surface area contributed by atoms with E-state index >= 15 is 0 Å². The molecule has 2 N–H and O–H groups in total. The van der Waals surface area contributed by atoms with Crippen LogP contribution in [0.1, 0.15) is 18.9 Å². The molecule has 1 aromatic rings. The Hall–Kier alpha value is -2.24. The van der Waals surface area contributed by atoms with E-state index < -0.39 is 11.5 Å². The topological polar surface area (TPSA) is 107 Å². The molecule has 0 radical (unpaired) electrons. The molecule has 1 rings (SSSR count). The lowest BCUT2D eigenvalue weighted by molar-refractivity contribution is -0.144. The molecule has 108 valence electrons. The number of carbonyl (C=O) groups is 1. The van der Waals surface area contributed by atoms with Gasteiger partial charge in [-0.1, -0.05) is 17.2 Å². The third-order valence-corrected chi connectivity index (χ3v) is 3.07. The van der Waals surface area contributed by atoms with Gasteiger partial charge in [0.2, 0.25) is 0 Å². The Kier molecular flexibility index (Phi) is 5.83. The van der Waals surface area contributed by atoms with Crippen LogP contribution in [-0.2, 0) is 10.3 Å². The lowest BCUT2D eigenvalue weighted by atomic mass is 9.92. The van der Waals surface area contributed by atoms with Crippen molar-refractivity contribution >= 4 is 5.97 Å². The smallest absolute Gasteiger partial charge is 0.328 e. The molecule has 0 heterocycles. The summed E-state index contributed by atoms with van der Waals surface area (Å²) in [7, 11) is 1.55. The molecule has 0 bridgehead atoms. The minimum Gasteiger partial charge on any atom is -0.497 e. The highest BCUT2D eigenvalue weighted by molar-refractivity contribution is 5.80. The van der Waals surface area contributed by atoms with Crippen molar-refractivity contribution in [1.29, 1.82) is 0 Å². The number of aliphatic carboxylic acids is 1. The molecule has 7 heteroatoms. The average molecular weight is 278 g/mol. The maximum atomic E-state index is 11.5. The van der Waals surface area contributed by atoms with Gasteiger partial charge in [-0.15, -0.1) is 0 Å². The molecule has 1 aromatic carbocycles. The van der Waals surface area contributed by atoms with E-state index in [1.807, 2.05) is 0 Å². The highest BCUT2D eigenvalue weighted by Gasteiger charge is 2.34. The lowest BCUT2D eigenvalue weighted by Gasteiger charge is -2.27. The summed E-state index contributed by atoms with van der Waals surface area (Å²) in [5, 5.41) is 15.8. The zero-order chi connectivity index (χ0) is 15.0. The van der Waals surface area contributed by atoms with Gasteiger partial charge in [0.25, 0.3) is 0 Å². The third-order valence-electron chi connectivity index (χ3n) is 3.07. The fourth-order valence-electron chi connectivity index (χ4n) is 1.76. The van der Waals surface area contributed by atoms with Gasteiger partial charge in [0.1, 0.15) is 11.3 Å². The van der Waals surface area contributed by atoms with Crippen molar-refractivity contribution < 1.29 is 14.6 Å². The van der Waals surface area contributed by atoms with Crippen molar-refractivity contribution in [2.45, 2.75) is 18.9 Å². The van der Waals surface area contributed by atoms with Crippen LogP contribution in [0.2, 0.25) is 0 Å². The number of benzene rings is 1. The first-order valence-electron chi connectivity index (χ1n) is 6.18. The van der Waals surface area contributed by atoms with Crippen molar-refractivity contribution in [3.63, 3.8) is 0 Å². The summed E-state index contributed by atoms with van der Waals surface area (Å²) in [4.78, 5) is 14.2. The fraction of sp³-hybridized carbons (Fsp3) is 0.462. The van der Waals surface area contributed by atoms with Crippen LogP contribution >= 0.6 is 0 Å². The third kappa shape index (κ3) is 3.88. The Morgan fingerprint density at radius 1 is 1.50 bits per heavy atom. The normalized spacial score (nSPS) is 13.1. The molecule has 0 saturated carbocycles. The average Bonchev–Trinajstić information content (AvgIpc) is 2.46. The Balaban J connectivity index is 2.79. The van der Waals surface area contributed by atoms with Gasteiger partial charge in [0, 0.05) is 11.5 Å². The first-order valence-corrected chi connectivity index (χ1v) is 6.18. The van der Waals surface area contributed by atoms with E-state index in [4.69, 9.17) is 10.3 Å². The minimum absolute atomic E-state index is 0.335. The van der Waals surface area contributed by atoms with Crippen LogP contribution < -0.4 is 10.1 Å². The first-order chi connectivity index (χ1) is 9.54. The van der Waals surface area contributed by atoms with Gasteiger partial charge < -0.3 is 9.84 Å². The number of nitrogens with zero attached hydrogens (tertiary/aromatic N) is 3. The minimum atomic E-state index is -1.19. The van der Waals surface area contributed by atoms with E-state index in [9.17, 15) is 9.90 Å². The number of ether oxygens (including phenoxy) is 1. The molecule has 0 aliphatic heterocycles. The quantitative estimate of drug-likeness (QED) is 0.329. The molecule has 0 spiro atoms. The zero-order valence-corrected chi connectivity index (χ0v) is 11.5. The second-order valence-electron chi connectivity index (χ2n) is 4.39. The van der Waals surface area contributed by atoms with Gasteiger partial charge in [0.15, 0.2) is 0 Å². The van der Waals surface area contributed by atoms with Crippen LogP contribution in [0.3, 0.4) is 0 Å². The van der Waals surface area contributed by atoms with Crippen LogP contribution in [0, 0.1) is 0 Å². The van der Waals surface area contributed by atoms with Crippen LogP contribution in [0.15, 0.2) is 29.4 Å². The predicted molar refractivity (Wildman–Crippen MR) is 74.6 cm³/mol. The SMILES string of the molecule is COc1ccc(C(C)(NCCCN=[N+]=[N-])C(=O)O)cc1. The van der Waals surface area contributed by atoms with Crippen LogP contribution in [0.5, 0.6) is 5.75 Å². The van der Waals surface area contributed by atoms with Gasteiger partial charge in [-0.25, -0.2) is 4.79 Å². The van der Waals surface area contributed by atoms with E-state index in [-0.39, 0.29) is 0 Å². The Morgan fingerprint density at radius 3 is 2.65 bits per heavy atom. The summed E-state index contributed by atoms with van der Waals surface area (Å²) in [6.45, 7) is 2.38. The Bertz CT molecular complexity index is 497. The second-order valence-corrected chi connectivity index (χ2v) is 4.39. The summed E-state index contributed by atoms with van der Waals surface area (Å²) in [6, 6.07) is 6.87. The number of rotatable bonds is 8. The zero-order valence-electron chi connectivity index (χ0n) is 11.5. The number of hydrogen-bond donors (Lipinski definition) is 2. The molecule has 0 amide bonds. The molecule has 0 aliphatic carbocycles. The number of azide groups is 1. The molecular formula is C13H18N4O3. The van der Waals surface area contributed by atoms with Gasteiger partial charge in [-0.2, -0.15) is 0 Å². The first kappa shape index (κ1) is 15.8. The second kappa shape index (κ2) is 7.37. The highest BCUT2D eigenvalue weighted by Crippen LogP contribution is 2.23. The van der Waals surface area contributed by atoms with Crippen LogP contribution in [0.25, 0.3) is 10.4 Å². The van der Waals surface area contributed by atoms with Crippen molar-refractivity contribution in [3.05, 3.63) is 40.3 Å². The van der Waals surface area contributed by atoms with E-state index in [0.29, 0.717) is 30.8 Å². The largest absolute Gasteiger partial charge is 0.497 e. The molecular weight excluding hydrogens is 260 g/mol. The van der Waals surface area contributed by atoms with Gasteiger partial charge in [-0.3, -0.25) is 5.32 Å². The predicted octanol–water partition coefficient (Wildman–Crippen LogP) is 2.29. The molecule has 1 atom stereocenters. The number of carboxylic acids is 1. The van der Waals surface area contributed by atoms with E-state index in [1.54, 1.807) is 38.3 Å². The molecule has 0 aromatic heterocycles. The van der Waals surface area contributed by atoms with Crippen molar-refractivity contribution in [2.24, 2.45) is 5.11 Å². The van der Waals surface area contributed by atoms with Crippen molar-refractivity contribution in [3.8, 4) is 5.75 Å². The Labute approximate surface area is 117 Å². The number of nitrogens with one attached hydrogen (secondary N) is 1. The monoisotopic (exact) mass is 278 g/mol. The standard InChI is InChI=1S/C13H18N4O3/c1-13(12(18)19,15-8-3-9-16-17-14)10-4-6-11(20-2)7-5-10/h4-7,15H,3,8-9H2,1-2H3,(H,18,19). The molecule has 7 nitrogen and oxygen atoms in total. The highest BCUT2D eigenvalue weighted by atomic mass is 16.5. The van der Waals surface area contributed by atoms with E-state index in [0.717, 1.165) is 0 Å². The van der Waals surface area contributed by atoms with Gasteiger partial charge in [-0.05, 0) is 43.1 Å². The molecule has 1 unspecified atom stereocenters.